The monoisotopic (exact) mass is 267 g/mol. The van der Waals surface area contributed by atoms with Crippen molar-refractivity contribution in [1.29, 1.82) is 0 Å². The van der Waals surface area contributed by atoms with Gasteiger partial charge in [0.1, 0.15) is 0 Å². The smallest absolute Gasteiger partial charge is 0.00161 e. The summed E-state index contributed by atoms with van der Waals surface area (Å²) in [5, 5.41) is 0. The number of hydrogen-bond donors (Lipinski definition) is 0. The Hall–Kier alpha value is -0.0400. The van der Waals surface area contributed by atoms with Gasteiger partial charge in [-0.15, -0.1) is 0 Å². The maximum atomic E-state index is 2.70. The lowest BCUT2D eigenvalue weighted by Gasteiger charge is -2.31. The summed E-state index contributed by atoms with van der Waals surface area (Å²) in [5.41, 5.74) is 0. The van der Waals surface area contributed by atoms with Crippen molar-refractivity contribution in [3.8, 4) is 0 Å². The van der Waals surface area contributed by atoms with Crippen molar-refractivity contribution in [2.24, 2.45) is 5.92 Å². The van der Waals surface area contributed by atoms with E-state index in [2.05, 4.69) is 18.7 Å². The molecule has 19 heavy (non-hydrogen) atoms. The lowest BCUT2D eigenvalue weighted by molar-refractivity contribution is 0.179. The zero-order valence-corrected chi connectivity index (χ0v) is 13.6. The zero-order chi connectivity index (χ0) is 13.8. The van der Waals surface area contributed by atoms with Crippen molar-refractivity contribution in [3.05, 3.63) is 0 Å². The third kappa shape index (κ3) is 8.68. The second kappa shape index (κ2) is 11.8. The lowest BCUT2D eigenvalue weighted by atomic mass is 9.94. The number of piperidine rings is 1. The topological polar surface area (TPSA) is 3.24 Å². The number of rotatable bonds is 11. The van der Waals surface area contributed by atoms with Gasteiger partial charge in [-0.25, -0.2) is 0 Å². The van der Waals surface area contributed by atoms with Gasteiger partial charge in [0.15, 0.2) is 0 Å². The molecule has 0 bridgehead atoms. The molecule has 0 spiro atoms. The average molecular weight is 268 g/mol. The molecular formula is C18H37N. The van der Waals surface area contributed by atoms with Gasteiger partial charge in [0.25, 0.3) is 0 Å². The number of unbranched alkanes of at least 4 members (excludes halogenated alkanes) is 8. The molecule has 0 unspecified atom stereocenters. The van der Waals surface area contributed by atoms with E-state index < -0.39 is 0 Å². The van der Waals surface area contributed by atoms with Gasteiger partial charge in [-0.3, -0.25) is 0 Å². The minimum atomic E-state index is 1.03. The van der Waals surface area contributed by atoms with Crippen molar-refractivity contribution in [1.82, 2.24) is 4.90 Å². The molecule has 1 aliphatic heterocycles. The first-order valence-electron chi connectivity index (χ1n) is 9.09. The van der Waals surface area contributed by atoms with E-state index in [1.54, 1.807) is 0 Å². The molecule has 1 heterocycles. The maximum absolute atomic E-state index is 2.70. The molecule has 0 aromatic carbocycles. The van der Waals surface area contributed by atoms with Crippen LogP contribution in [0.5, 0.6) is 0 Å². The van der Waals surface area contributed by atoms with Gasteiger partial charge >= 0.3 is 0 Å². The molecule has 114 valence electrons. The van der Waals surface area contributed by atoms with Gasteiger partial charge in [-0.2, -0.15) is 0 Å². The van der Waals surface area contributed by atoms with Gasteiger partial charge in [0.05, 0.1) is 0 Å². The Morgan fingerprint density at radius 3 is 1.79 bits per heavy atom. The molecule has 0 aromatic rings. The summed E-state index contributed by atoms with van der Waals surface area (Å²) in [6.07, 6.45) is 17.4. The first-order chi connectivity index (χ1) is 9.36. The van der Waals surface area contributed by atoms with E-state index in [9.17, 15) is 0 Å². The first-order valence-corrected chi connectivity index (χ1v) is 9.09. The molecule has 1 fully saturated rings. The molecule has 0 N–H and O–H groups in total. The Morgan fingerprint density at radius 1 is 0.737 bits per heavy atom. The van der Waals surface area contributed by atoms with Gasteiger partial charge in [0, 0.05) is 0 Å². The molecule has 1 heteroatoms. The van der Waals surface area contributed by atoms with E-state index in [0.29, 0.717) is 0 Å². The predicted octanol–water partition coefficient (Wildman–Crippen LogP) is 5.64. The number of hydrogen-bond acceptors (Lipinski definition) is 1. The zero-order valence-electron chi connectivity index (χ0n) is 13.6. The van der Waals surface area contributed by atoms with Crippen LogP contribution >= 0.6 is 0 Å². The van der Waals surface area contributed by atoms with Crippen molar-refractivity contribution in [2.45, 2.75) is 90.9 Å². The van der Waals surface area contributed by atoms with E-state index in [4.69, 9.17) is 0 Å². The molecular weight excluding hydrogens is 230 g/mol. The molecule has 0 radical (unpaired) electrons. The fraction of sp³-hybridized carbons (Fsp3) is 1.00. The highest BCUT2D eigenvalue weighted by atomic mass is 15.1. The van der Waals surface area contributed by atoms with Crippen LogP contribution in [0.4, 0.5) is 0 Å². The highest BCUT2D eigenvalue weighted by Gasteiger charge is 2.16. The molecule has 1 nitrogen and oxygen atoms in total. The van der Waals surface area contributed by atoms with E-state index in [-0.39, 0.29) is 0 Å². The molecule has 1 saturated heterocycles. The Balaban J connectivity index is 1.81. The highest BCUT2D eigenvalue weighted by Crippen LogP contribution is 2.20. The van der Waals surface area contributed by atoms with Crippen LogP contribution in [0.2, 0.25) is 0 Å². The third-order valence-electron chi connectivity index (χ3n) is 4.86. The second-order valence-corrected chi connectivity index (χ2v) is 6.52. The molecule has 0 atom stereocenters. The fourth-order valence-corrected chi connectivity index (χ4v) is 3.26. The Labute approximate surface area is 122 Å². The second-order valence-electron chi connectivity index (χ2n) is 6.52. The molecule has 0 amide bonds. The molecule has 0 aliphatic carbocycles. The molecule has 0 aromatic heterocycles. The average Bonchev–Trinajstić information content (AvgIpc) is 2.46. The summed E-state index contributed by atoms with van der Waals surface area (Å²) < 4.78 is 0. The SMILES string of the molecule is CCCCCCCCCCCN1CCC(CC)CC1. The summed E-state index contributed by atoms with van der Waals surface area (Å²) >= 11 is 0. The van der Waals surface area contributed by atoms with Crippen molar-refractivity contribution >= 4 is 0 Å². The Bertz CT molecular complexity index is 182. The van der Waals surface area contributed by atoms with E-state index in [1.165, 1.54) is 96.7 Å². The van der Waals surface area contributed by atoms with Crippen LogP contribution in [-0.2, 0) is 0 Å². The number of nitrogens with zero attached hydrogens (tertiary/aromatic N) is 1. The van der Waals surface area contributed by atoms with Gasteiger partial charge in [0.2, 0.25) is 0 Å². The lowest BCUT2D eigenvalue weighted by Crippen LogP contribution is -2.34. The Morgan fingerprint density at radius 2 is 1.26 bits per heavy atom. The van der Waals surface area contributed by atoms with Crippen LogP contribution in [0, 0.1) is 5.92 Å². The normalized spacial score (nSPS) is 18.0. The summed E-state index contributed by atoms with van der Waals surface area (Å²) in [6, 6.07) is 0. The van der Waals surface area contributed by atoms with Crippen molar-refractivity contribution in [2.75, 3.05) is 19.6 Å². The molecule has 0 saturated carbocycles. The molecule has 1 rings (SSSR count). The van der Waals surface area contributed by atoms with Gasteiger partial charge in [-0.1, -0.05) is 71.6 Å². The highest BCUT2D eigenvalue weighted by molar-refractivity contribution is 4.71. The predicted molar refractivity (Wildman–Crippen MR) is 86.7 cm³/mol. The quantitative estimate of drug-likeness (QED) is 0.438. The summed E-state index contributed by atoms with van der Waals surface area (Å²) in [4.78, 5) is 2.70. The van der Waals surface area contributed by atoms with Crippen molar-refractivity contribution in [3.63, 3.8) is 0 Å². The van der Waals surface area contributed by atoms with Crippen LogP contribution in [0.25, 0.3) is 0 Å². The Kier molecular flexibility index (Phi) is 10.5. The molecule has 1 aliphatic rings. The van der Waals surface area contributed by atoms with E-state index in [0.717, 1.165) is 5.92 Å². The van der Waals surface area contributed by atoms with Crippen LogP contribution < -0.4 is 0 Å². The minimum absolute atomic E-state index is 1.03. The number of likely N-dealkylation sites (tertiary alicyclic amines) is 1. The van der Waals surface area contributed by atoms with Gasteiger partial charge in [-0.05, 0) is 44.8 Å². The summed E-state index contributed by atoms with van der Waals surface area (Å²) in [5.74, 6) is 1.03. The maximum Gasteiger partial charge on any atom is -0.00161 e. The van der Waals surface area contributed by atoms with Crippen LogP contribution in [0.15, 0.2) is 0 Å². The van der Waals surface area contributed by atoms with E-state index in [1.807, 2.05) is 0 Å². The summed E-state index contributed by atoms with van der Waals surface area (Å²) in [7, 11) is 0. The minimum Gasteiger partial charge on any atom is -0.303 e. The van der Waals surface area contributed by atoms with Crippen molar-refractivity contribution < 1.29 is 0 Å². The van der Waals surface area contributed by atoms with E-state index >= 15 is 0 Å². The fourth-order valence-electron chi connectivity index (χ4n) is 3.26. The van der Waals surface area contributed by atoms with Crippen LogP contribution in [0.1, 0.15) is 90.9 Å². The largest absolute Gasteiger partial charge is 0.303 e. The summed E-state index contributed by atoms with van der Waals surface area (Å²) in [6.45, 7) is 8.75. The van der Waals surface area contributed by atoms with Gasteiger partial charge < -0.3 is 4.90 Å². The van der Waals surface area contributed by atoms with Crippen LogP contribution in [0.3, 0.4) is 0 Å². The first kappa shape index (κ1) is 17.0. The van der Waals surface area contributed by atoms with Crippen LogP contribution in [-0.4, -0.2) is 24.5 Å². The standard InChI is InChI=1S/C18H37N/c1-3-5-6-7-8-9-10-11-12-15-19-16-13-18(4-2)14-17-19/h18H,3-17H2,1-2H3. The third-order valence-corrected chi connectivity index (χ3v) is 4.86.